The van der Waals surface area contributed by atoms with Crippen LogP contribution < -0.4 is 23.8 Å². The molecule has 0 bridgehead atoms. The van der Waals surface area contributed by atoms with E-state index in [1.165, 1.54) is 39.7 Å². The van der Waals surface area contributed by atoms with Crippen molar-refractivity contribution in [3.05, 3.63) is 42.0 Å². The first-order chi connectivity index (χ1) is 12.9. The summed E-state index contributed by atoms with van der Waals surface area (Å²) in [6, 6.07) is 9.31. The van der Waals surface area contributed by atoms with Crippen LogP contribution in [0.1, 0.15) is 12.5 Å². The lowest BCUT2D eigenvalue weighted by Gasteiger charge is -2.11. The van der Waals surface area contributed by atoms with E-state index in [1.807, 2.05) is 6.92 Å². The minimum absolute atomic E-state index is 0.0716. The average molecular weight is 394 g/mol. The van der Waals surface area contributed by atoms with Crippen LogP contribution in [-0.2, 0) is 10.0 Å². The predicted molar refractivity (Wildman–Crippen MR) is 102 cm³/mol. The number of hydrogen-bond acceptors (Lipinski definition) is 7. The molecule has 0 aliphatic heterocycles. The van der Waals surface area contributed by atoms with Gasteiger partial charge < -0.3 is 18.9 Å². The molecule has 0 fully saturated rings. The van der Waals surface area contributed by atoms with Crippen molar-refractivity contribution < 1.29 is 27.4 Å². The molecule has 8 nitrogen and oxygen atoms in total. The molecule has 0 amide bonds. The van der Waals surface area contributed by atoms with Crippen LogP contribution in [0.15, 0.2) is 46.4 Å². The maximum absolute atomic E-state index is 12.3. The van der Waals surface area contributed by atoms with E-state index >= 15 is 0 Å². The molecule has 0 aliphatic rings. The molecule has 2 aromatic rings. The molecule has 0 aliphatic carbocycles. The Balaban J connectivity index is 2.20. The van der Waals surface area contributed by atoms with Crippen LogP contribution in [0, 0.1) is 0 Å². The summed E-state index contributed by atoms with van der Waals surface area (Å²) in [7, 11) is 0.688. The quantitative estimate of drug-likeness (QED) is 0.518. The van der Waals surface area contributed by atoms with E-state index in [4.69, 9.17) is 18.9 Å². The van der Waals surface area contributed by atoms with Crippen LogP contribution in [-0.4, -0.2) is 42.6 Å². The molecule has 0 spiro atoms. The standard InChI is InChI=1S/C18H22N2O6S/c1-5-26-14-6-8-15(9-7-14)27(21,22)20-19-12-13-10-17(24-3)18(25-4)11-16(13)23-2/h6-12,20H,5H2,1-4H3. The van der Waals surface area contributed by atoms with Gasteiger partial charge in [0.25, 0.3) is 10.0 Å². The fraction of sp³-hybridized carbons (Fsp3) is 0.278. The van der Waals surface area contributed by atoms with E-state index in [1.54, 1.807) is 24.3 Å². The van der Waals surface area contributed by atoms with Crippen LogP contribution in [0.3, 0.4) is 0 Å². The van der Waals surface area contributed by atoms with Gasteiger partial charge in [0.2, 0.25) is 0 Å². The number of benzene rings is 2. The van der Waals surface area contributed by atoms with Crippen molar-refractivity contribution in [3.8, 4) is 23.0 Å². The molecule has 0 saturated heterocycles. The molecule has 2 aromatic carbocycles. The molecule has 0 unspecified atom stereocenters. The summed E-state index contributed by atoms with van der Waals surface area (Å²) in [6.45, 7) is 2.35. The zero-order valence-electron chi connectivity index (χ0n) is 15.6. The summed E-state index contributed by atoms with van der Waals surface area (Å²) >= 11 is 0. The Morgan fingerprint density at radius 2 is 1.56 bits per heavy atom. The van der Waals surface area contributed by atoms with Crippen molar-refractivity contribution in [1.82, 2.24) is 4.83 Å². The molecule has 9 heteroatoms. The summed E-state index contributed by atoms with van der Waals surface area (Å²) in [5.74, 6) is 2.00. The Bertz CT molecular complexity index is 895. The summed E-state index contributed by atoms with van der Waals surface area (Å²) in [4.78, 5) is 2.24. The first-order valence-electron chi connectivity index (χ1n) is 8.03. The van der Waals surface area contributed by atoms with Crippen LogP contribution in [0.2, 0.25) is 0 Å². The highest BCUT2D eigenvalue weighted by Gasteiger charge is 2.14. The Morgan fingerprint density at radius 3 is 2.11 bits per heavy atom. The summed E-state index contributed by atoms with van der Waals surface area (Å²) in [5.41, 5.74) is 0.518. The van der Waals surface area contributed by atoms with Crippen LogP contribution in [0.4, 0.5) is 0 Å². The van der Waals surface area contributed by atoms with Gasteiger partial charge in [0.1, 0.15) is 11.5 Å². The van der Waals surface area contributed by atoms with E-state index in [2.05, 4.69) is 9.93 Å². The van der Waals surface area contributed by atoms with Gasteiger partial charge in [-0.2, -0.15) is 13.5 Å². The lowest BCUT2D eigenvalue weighted by atomic mass is 10.2. The largest absolute Gasteiger partial charge is 0.496 e. The van der Waals surface area contributed by atoms with E-state index in [9.17, 15) is 8.42 Å². The van der Waals surface area contributed by atoms with Gasteiger partial charge in [-0.15, -0.1) is 0 Å². The van der Waals surface area contributed by atoms with Crippen LogP contribution in [0.25, 0.3) is 0 Å². The predicted octanol–water partition coefficient (Wildman–Crippen LogP) is 2.42. The molecule has 0 saturated carbocycles. The topological polar surface area (TPSA) is 95.5 Å². The second-order valence-electron chi connectivity index (χ2n) is 5.21. The first kappa shape index (κ1) is 20.4. The van der Waals surface area contributed by atoms with E-state index in [0.717, 1.165) is 0 Å². The zero-order chi connectivity index (χ0) is 19.9. The van der Waals surface area contributed by atoms with Gasteiger partial charge in [-0.25, -0.2) is 4.83 Å². The van der Waals surface area contributed by atoms with Crippen molar-refractivity contribution in [2.24, 2.45) is 5.10 Å². The first-order valence-corrected chi connectivity index (χ1v) is 9.51. The van der Waals surface area contributed by atoms with Gasteiger partial charge in [0, 0.05) is 11.6 Å². The van der Waals surface area contributed by atoms with E-state index < -0.39 is 10.0 Å². The van der Waals surface area contributed by atoms with Gasteiger partial charge >= 0.3 is 0 Å². The molecule has 146 valence electrons. The minimum atomic E-state index is -3.81. The summed E-state index contributed by atoms with van der Waals surface area (Å²) in [5, 5.41) is 3.82. The lowest BCUT2D eigenvalue weighted by molar-refractivity contribution is 0.340. The number of sulfonamides is 1. The highest BCUT2D eigenvalue weighted by Crippen LogP contribution is 2.33. The molecule has 0 heterocycles. The van der Waals surface area contributed by atoms with Crippen molar-refractivity contribution in [2.45, 2.75) is 11.8 Å². The lowest BCUT2D eigenvalue weighted by Crippen LogP contribution is -2.18. The number of nitrogens with one attached hydrogen (secondary N) is 1. The average Bonchev–Trinajstić information content (AvgIpc) is 2.68. The van der Waals surface area contributed by atoms with Gasteiger partial charge in [-0.05, 0) is 37.3 Å². The molecule has 0 atom stereocenters. The highest BCUT2D eigenvalue weighted by atomic mass is 32.2. The Kier molecular flexibility index (Phi) is 6.89. The fourth-order valence-corrected chi connectivity index (χ4v) is 3.04. The third kappa shape index (κ3) is 5.04. The minimum Gasteiger partial charge on any atom is -0.496 e. The number of hydrogen-bond donors (Lipinski definition) is 1. The second-order valence-corrected chi connectivity index (χ2v) is 6.87. The monoisotopic (exact) mass is 394 g/mol. The Hall–Kier alpha value is -2.94. The third-order valence-corrected chi connectivity index (χ3v) is 4.80. The Morgan fingerprint density at radius 1 is 0.963 bits per heavy atom. The molecule has 0 radical (unpaired) electrons. The maximum Gasteiger partial charge on any atom is 0.276 e. The maximum atomic E-state index is 12.3. The molecular formula is C18H22N2O6S. The van der Waals surface area contributed by atoms with Crippen molar-refractivity contribution in [3.63, 3.8) is 0 Å². The van der Waals surface area contributed by atoms with Crippen molar-refractivity contribution >= 4 is 16.2 Å². The smallest absolute Gasteiger partial charge is 0.276 e. The normalized spacial score (nSPS) is 11.3. The fourth-order valence-electron chi connectivity index (χ4n) is 2.25. The number of ether oxygens (including phenoxy) is 4. The van der Waals surface area contributed by atoms with E-state index in [-0.39, 0.29) is 4.90 Å². The van der Waals surface area contributed by atoms with Crippen LogP contribution >= 0.6 is 0 Å². The summed E-state index contributed by atoms with van der Waals surface area (Å²) < 4.78 is 45.7. The van der Waals surface area contributed by atoms with Gasteiger partial charge in [-0.1, -0.05) is 0 Å². The molecule has 27 heavy (non-hydrogen) atoms. The number of hydrazone groups is 1. The molecule has 1 N–H and O–H groups in total. The zero-order valence-corrected chi connectivity index (χ0v) is 16.4. The molecule has 2 rings (SSSR count). The van der Waals surface area contributed by atoms with E-state index in [0.29, 0.717) is 35.2 Å². The Labute approximate surface area is 158 Å². The highest BCUT2D eigenvalue weighted by molar-refractivity contribution is 7.89. The SMILES string of the molecule is CCOc1ccc(S(=O)(=O)NN=Cc2cc(OC)c(OC)cc2OC)cc1. The number of rotatable bonds is 9. The van der Waals surface area contributed by atoms with Crippen molar-refractivity contribution in [2.75, 3.05) is 27.9 Å². The molecule has 0 aromatic heterocycles. The summed E-state index contributed by atoms with van der Waals surface area (Å²) in [6.07, 6.45) is 1.33. The van der Waals surface area contributed by atoms with Gasteiger partial charge in [-0.3, -0.25) is 0 Å². The van der Waals surface area contributed by atoms with Crippen molar-refractivity contribution in [1.29, 1.82) is 0 Å². The third-order valence-electron chi connectivity index (χ3n) is 3.56. The second kappa shape index (κ2) is 9.13. The molecular weight excluding hydrogens is 372 g/mol. The number of methoxy groups -OCH3 is 3. The van der Waals surface area contributed by atoms with Gasteiger partial charge in [0.15, 0.2) is 11.5 Å². The van der Waals surface area contributed by atoms with Gasteiger partial charge in [0.05, 0.1) is 39.0 Å². The number of nitrogens with zero attached hydrogens (tertiary/aromatic N) is 1. The van der Waals surface area contributed by atoms with Crippen LogP contribution in [0.5, 0.6) is 23.0 Å².